The molecule has 8 heteroatoms. The first kappa shape index (κ1) is 22.8. The van der Waals surface area contributed by atoms with Crippen molar-refractivity contribution in [2.75, 3.05) is 54.9 Å². The first-order chi connectivity index (χ1) is 16.5. The van der Waals surface area contributed by atoms with Gasteiger partial charge in [0.15, 0.2) is 0 Å². The monoisotopic (exact) mass is 479 g/mol. The van der Waals surface area contributed by atoms with Crippen LogP contribution in [-0.4, -0.2) is 107 Å². The van der Waals surface area contributed by atoms with Gasteiger partial charge in [-0.25, -0.2) is 0 Å². The number of likely N-dealkylation sites (tertiary alicyclic amines) is 1. The van der Waals surface area contributed by atoms with Crippen LogP contribution in [0, 0.1) is 34.5 Å². The molecule has 3 spiro atoms. The summed E-state index contributed by atoms with van der Waals surface area (Å²) in [6.45, 7) is 4.93. The predicted molar refractivity (Wildman–Crippen MR) is 121 cm³/mol. The molecular weight excluding hydrogens is 438 g/mol. The average Bonchev–Trinajstić information content (AvgIpc) is 3.42. The molecule has 0 aromatic carbocycles. The van der Waals surface area contributed by atoms with E-state index in [1.807, 2.05) is 21.3 Å². The highest BCUT2D eigenvalue weighted by atomic mass is 16.7. The van der Waals surface area contributed by atoms with Crippen LogP contribution in [0.1, 0.15) is 32.6 Å². The van der Waals surface area contributed by atoms with Crippen molar-refractivity contribution < 1.29 is 33.5 Å². The predicted octanol–water partition coefficient (Wildman–Crippen LogP) is 1.29. The van der Waals surface area contributed by atoms with Crippen molar-refractivity contribution in [3.05, 3.63) is 0 Å². The topological polar surface area (TPSA) is 78.9 Å². The lowest BCUT2D eigenvalue weighted by Crippen LogP contribution is -2.81. The van der Waals surface area contributed by atoms with E-state index in [0.29, 0.717) is 18.4 Å². The molecule has 5 aliphatic carbocycles. The van der Waals surface area contributed by atoms with Crippen molar-refractivity contribution in [1.82, 2.24) is 4.90 Å². The van der Waals surface area contributed by atoms with Crippen molar-refractivity contribution in [2.45, 2.75) is 74.3 Å². The van der Waals surface area contributed by atoms with Crippen LogP contribution in [0.2, 0.25) is 0 Å². The maximum atomic E-state index is 12.6. The van der Waals surface area contributed by atoms with Crippen LogP contribution in [-0.2, 0) is 28.4 Å². The molecule has 5 saturated carbocycles. The van der Waals surface area contributed by atoms with E-state index in [9.17, 15) is 5.11 Å². The number of nitrogens with zero attached hydrogens (tertiary/aromatic N) is 1. The summed E-state index contributed by atoms with van der Waals surface area (Å²) in [6.07, 6.45) is 3.20. The summed E-state index contributed by atoms with van der Waals surface area (Å²) in [5, 5.41) is 12.6. The number of aliphatic hydroxyl groups is 1. The van der Waals surface area contributed by atoms with Gasteiger partial charge in [0.2, 0.25) is 0 Å². The lowest BCUT2D eigenvalue weighted by atomic mass is 9.42. The van der Waals surface area contributed by atoms with Gasteiger partial charge in [-0.2, -0.15) is 0 Å². The second kappa shape index (κ2) is 7.16. The minimum atomic E-state index is -0.825. The Morgan fingerprint density at radius 1 is 1.09 bits per heavy atom. The molecule has 2 saturated heterocycles. The Hall–Kier alpha value is -0.320. The van der Waals surface area contributed by atoms with Gasteiger partial charge in [-0.1, -0.05) is 6.92 Å². The highest BCUT2D eigenvalue weighted by Crippen LogP contribution is 2.82. The molecule has 7 bridgehead atoms. The number of aliphatic hydroxyl groups excluding tert-OH is 1. The molecule has 34 heavy (non-hydrogen) atoms. The Balaban J connectivity index is 1.55. The van der Waals surface area contributed by atoms with E-state index in [-0.39, 0.29) is 53.8 Å². The molecule has 7 fully saturated rings. The van der Waals surface area contributed by atoms with Crippen LogP contribution in [0.5, 0.6) is 0 Å². The summed E-state index contributed by atoms with van der Waals surface area (Å²) in [5.41, 5.74) is -1.83. The summed E-state index contributed by atoms with van der Waals surface area (Å²) in [6, 6.07) is 0.0378. The molecule has 0 aromatic rings. The van der Waals surface area contributed by atoms with Gasteiger partial charge in [0.25, 0.3) is 0 Å². The molecule has 7 rings (SSSR count). The third-order valence-corrected chi connectivity index (χ3v) is 12.0. The standard InChI is InChI=1S/C26H41NO7/c1-6-27-11-23(12-29-2)8-7-17(31-4)25-15-9-14-16(30-3)10-24(18(15)19(14)32-5)26(22(25)27,34-13-33-24)21(28)20(23)25/h14-22,28H,6-13H2,1-5H3/t14-,15-,16+,17+,18-,19+,20+,21+,22-,23+,24-,25+,26+/m1/s1. The van der Waals surface area contributed by atoms with Gasteiger partial charge in [0.05, 0.1) is 37.1 Å². The lowest BCUT2D eigenvalue weighted by molar-refractivity contribution is -0.287. The first-order valence-corrected chi connectivity index (χ1v) is 13.2. The van der Waals surface area contributed by atoms with Gasteiger partial charge in [-0.05, 0) is 31.7 Å². The minimum absolute atomic E-state index is 0.0240. The molecule has 0 aromatic heterocycles. The van der Waals surface area contributed by atoms with Crippen LogP contribution < -0.4 is 0 Å². The summed E-state index contributed by atoms with van der Waals surface area (Å²) in [7, 11) is 7.32. The minimum Gasteiger partial charge on any atom is -0.390 e. The van der Waals surface area contributed by atoms with E-state index in [1.165, 1.54) is 0 Å². The summed E-state index contributed by atoms with van der Waals surface area (Å²) in [4.78, 5) is 2.61. The highest BCUT2D eigenvalue weighted by Gasteiger charge is 2.93. The Labute approximate surface area is 202 Å². The van der Waals surface area contributed by atoms with Crippen LogP contribution in [0.4, 0.5) is 0 Å². The van der Waals surface area contributed by atoms with Crippen LogP contribution in [0.25, 0.3) is 0 Å². The van der Waals surface area contributed by atoms with Gasteiger partial charge in [-0.15, -0.1) is 0 Å². The van der Waals surface area contributed by atoms with Gasteiger partial charge in [0.1, 0.15) is 18.0 Å². The number of hydrogen-bond acceptors (Lipinski definition) is 8. The number of methoxy groups -OCH3 is 4. The summed E-state index contributed by atoms with van der Waals surface area (Å²) in [5.74, 6) is 0.813. The first-order valence-electron chi connectivity index (χ1n) is 13.2. The summed E-state index contributed by atoms with van der Waals surface area (Å²) < 4.78 is 38.3. The molecule has 0 unspecified atom stereocenters. The number of rotatable bonds is 6. The van der Waals surface area contributed by atoms with E-state index >= 15 is 0 Å². The highest BCUT2D eigenvalue weighted by molar-refractivity contribution is 5.42. The van der Waals surface area contributed by atoms with Crippen molar-refractivity contribution in [3.8, 4) is 0 Å². The number of likely N-dealkylation sites (N-methyl/N-ethyl adjacent to an activating group) is 1. The molecule has 2 aliphatic heterocycles. The quantitative estimate of drug-likeness (QED) is 0.611. The van der Waals surface area contributed by atoms with Crippen LogP contribution in [0.15, 0.2) is 0 Å². The van der Waals surface area contributed by atoms with Gasteiger partial charge in [-0.3, -0.25) is 4.90 Å². The Morgan fingerprint density at radius 3 is 2.59 bits per heavy atom. The van der Waals surface area contributed by atoms with Gasteiger partial charge in [0, 0.05) is 70.0 Å². The van der Waals surface area contributed by atoms with Crippen molar-refractivity contribution >= 4 is 0 Å². The van der Waals surface area contributed by atoms with E-state index in [2.05, 4.69) is 11.8 Å². The number of ether oxygens (including phenoxy) is 6. The fourth-order valence-corrected chi connectivity index (χ4v) is 11.7. The Kier molecular flexibility index (Phi) is 4.81. The molecule has 2 heterocycles. The SMILES string of the molecule is CCN1C[C@]2(COC)CC[C@H](OC)[C@]34[C@@H]5C[C@H]6[C@H](OC)[C@@H]5[C@@]5(C[C@@H]6OC)OCO[C@]5([C@H]13)[C@@H](O)[C@@H]24. The van der Waals surface area contributed by atoms with Gasteiger partial charge < -0.3 is 33.5 Å². The third kappa shape index (κ3) is 2.05. The Bertz CT molecular complexity index is 859. The van der Waals surface area contributed by atoms with E-state index < -0.39 is 17.3 Å². The molecule has 192 valence electrons. The van der Waals surface area contributed by atoms with E-state index in [0.717, 1.165) is 38.8 Å². The van der Waals surface area contributed by atoms with Crippen LogP contribution >= 0.6 is 0 Å². The number of fused-ring (bicyclic) bond motifs is 1. The maximum Gasteiger partial charge on any atom is 0.148 e. The second-order valence-corrected chi connectivity index (χ2v) is 12.2. The van der Waals surface area contributed by atoms with Gasteiger partial charge >= 0.3 is 0 Å². The molecule has 0 amide bonds. The van der Waals surface area contributed by atoms with E-state index in [1.54, 1.807) is 7.11 Å². The van der Waals surface area contributed by atoms with E-state index in [4.69, 9.17) is 28.4 Å². The maximum absolute atomic E-state index is 12.6. The number of piperidine rings is 1. The number of hydrogen-bond donors (Lipinski definition) is 1. The Morgan fingerprint density at radius 2 is 1.91 bits per heavy atom. The fraction of sp³-hybridized carbons (Fsp3) is 1.00. The molecule has 13 atom stereocenters. The molecule has 7 aliphatic rings. The smallest absolute Gasteiger partial charge is 0.148 e. The molecule has 1 N–H and O–H groups in total. The summed E-state index contributed by atoms with van der Waals surface area (Å²) >= 11 is 0. The molecule has 0 radical (unpaired) electrons. The zero-order chi connectivity index (χ0) is 23.7. The average molecular weight is 480 g/mol. The zero-order valence-electron chi connectivity index (χ0n) is 21.2. The van der Waals surface area contributed by atoms with Crippen molar-refractivity contribution in [2.24, 2.45) is 34.5 Å². The van der Waals surface area contributed by atoms with Crippen LogP contribution in [0.3, 0.4) is 0 Å². The fourth-order valence-electron chi connectivity index (χ4n) is 11.7. The molecule has 8 nitrogen and oxygen atoms in total. The molecular formula is C26H41NO7. The lowest BCUT2D eigenvalue weighted by Gasteiger charge is -2.70. The van der Waals surface area contributed by atoms with Crippen molar-refractivity contribution in [1.29, 1.82) is 0 Å². The zero-order valence-corrected chi connectivity index (χ0v) is 21.2. The normalized spacial score (nSPS) is 61.1. The van der Waals surface area contributed by atoms with Crippen molar-refractivity contribution in [3.63, 3.8) is 0 Å². The largest absolute Gasteiger partial charge is 0.390 e. The second-order valence-electron chi connectivity index (χ2n) is 12.2. The third-order valence-electron chi connectivity index (χ3n) is 12.0.